The minimum absolute atomic E-state index is 0.00746. The first-order valence-electron chi connectivity index (χ1n) is 6.73. The van der Waals surface area contributed by atoms with Crippen LogP contribution in [-0.4, -0.2) is 25.0 Å². The van der Waals surface area contributed by atoms with Crippen molar-refractivity contribution in [2.45, 2.75) is 20.8 Å². The Morgan fingerprint density at radius 1 is 1.09 bits per heavy atom. The smallest absolute Gasteiger partial charge is 0.325 e. The van der Waals surface area contributed by atoms with Crippen LogP contribution in [0.25, 0.3) is 22.6 Å². The predicted molar refractivity (Wildman–Crippen MR) is 81.4 cm³/mol. The van der Waals surface area contributed by atoms with Crippen LogP contribution in [0.2, 0.25) is 0 Å². The van der Waals surface area contributed by atoms with Crippen molar-refractivity contribution in [2.24, 2.45) is 7.05 Å². The van der Waals surface area contributed by atoms with Gasteiger partial charge in [0.1, 0.15) is 0 Å². The van der Waals surface area contributed by atoms with Crippen molar-refractivity contribution in [1.29, 1.82) is 0 Å². The fourth-order valence-electron chi connectivity index (χ4n) is 2.47. The third kappa shape index (κ3) is 1.86. The molecule has 2 aliphatic heterocycles. The molecule has 0 spiro atoms. The first kappa shape index (κ1) is 14.1. The predicted octanol–water partition coefficient (Wildman–Crippen LogP) is 0.872. The van der Waals surface area contributed by atoms with Crippen molar-refractivity contribution in [1.82, 2.24) is 19.1 Å². The highest BCUT2D eigenvalue weighted by Gasteiger charge is 2.21. The molecular weight excluding hydrogens is 284 g/mol. The van der Waals surface area contributed by atoms with Gasteiger partial charge in [-0.3, -0.25) is 9.59 Å². The van der Waals surface area contributed by atoms with Crippen molar-refractivity contribution < 1.29 is 4.79 Å². The van der Waals surface area contributed by atoms with Crippen LogP contribution in [0, 0.1) is 13.8 Å². The number of fused-ring (bicyclic) bond motifs is 2. The summed E-state index contributed by atoms with van der Waals surface area (Å²) in [5.74, 6) is -0.503. The standard InChI is InChI=1S/C15H14N4O3/c1-7-5-10-11(6-8(7)2)18(4)13-12(16-10)14(21)19(9(3)20)15(22)17-13/h5-6H,1-4H3. The van der Waals surface area contributed by atoms with Crippen LogP contribution in [0.1, 0.15) is 22.8 Å². The molecule has 2 heterocycles. The summed E-state index contributed by atoms with van der Waals surface area (Å²) in [6.45, 7) is 5.07. The largest absolute Gasteiger partial charge is 0.359 e. The lowest BCUT2D eigenvalue weighted by molar-refractivity contribution is 0.0927. The molecule has 112 valence electrons. The zero-order valence-electron chi connectivity index (χ0n) is 12.7. The number of aromatic nitrogens is 4. The van der Waals surface area contributed by atoms with Crippen LogP contribution in [0.15, 0.2) is 21.7 Å². The fraction of sp³-hybridized carbons (Fsp3) is 0.267. The number of carbonyl (C=O) groups excluding carboxylic acids is 1. The molecule has 0 unspecified atom stereocenters. The maximum Gasteiger partial charge on any atom is 0.359 e. The van der Waals surface area contributed by atoms with Gasteiger partial charge < -0.3 is 4.57 Å². The topological polar surface area (TPSA) is 86.8 Å². The summed E-state index contributed by atoms with van der Waals surface area (Å²) in [7, 11) is 1.71. The highest BCUT2D eigenvalue weighted by Crippen LogP contribution is 2.22. The highest BCUT2D eigenvalue weighted by atomic mass is 16.2. The molecule has 0 saturated carbocycles. The number of rotatable bonds is 0. The number of hydrogen-bond acceptors (Lipinski definition) is 5. The Morgan fingerprint density at radius 2 is 1.73 bits per heavy atom. The Morgan fingerprint density at radius 3 is 2.36 bits per heavy atom. The van der Waals surface area contributed by atoms with E-state index in [1.165, 1.54) is 0 Å². The average Bonchev–Trinajstić information content (AvgIpc) is 2.43. The van der Waals surface area contributed by atoms with Gasteiger partial charge >= 0.3 is 5.69 Å². The molecule has 2 aliphatic rings. The van der Waals surface area contributed by atoms with Crippen LogP contribution in [-0.2, 0) is 7.05 Å². The summed E-state index contributed by atoms with van der Waals surface area (Å²) in [6.07, 6.45) is 0. The van der Waals surface area contributed by atoms with Crippen LogP contribution in [0.4, 0.5) is 0 Å². The molecule has 7 heteroatoms. The van der Waals surface area contributed by atoms with E-state index in [0.717, 1.165) is 23.6 Å². The summed E-state index contributed by atoms with van der Waals surface area (Å²) in [5.41, 5.74) is 1.88. The number of aryl methyl sites for hydroxylation is 3. The van der Waals surface area contributed by atoms with Gasteiger partial charge in [-0.2, -0.15) is 9.55 Å². The Labute approximate surface area is 125 Å². The molecule has 0 saturated heterocycles. The summed E-state index contributed by atoms with van der Waals surface area (Å²) in [5, 5.41) is 0. The molecule has 0 radical (unpaired) electrons. The van der Waals surface area contributed by atoms with E-state index < -0.39 is 17.2 Å². The highest BCUT2D eigenvalue weighted by molar-refractivity contribution is 5.82. The molecule has 22 heavy (non-hydrogen) atoms. The molecule has 0 bridgehead atoms. The maximum atomic E-state index is 12.4. The third-order valence-electron chi connectivity index (χ3n) is 3.83. The number of benzene rings is 1. The van der Waals surface area contributed by atoms with Gasteiger partial charge in [0.2, 0.25) is 5.91 Å². The first-order valence-corrected chi connectivity index (χ1v) is 6.73. The van der Waals surface area contributed by atoms with Crippen molar-refractivity contribution in [3.05, 3.63) is 44.1 Å². The Bertz CT molecular complexity index is 1030. The molecule has 7 nitrogen and oxygen atoms in total. The fourth-order valence-corrected chi connectivity index (χ4v) is 2.47. The Hall–Kier alpha value is -2.83. The maximum absolute atomic E-state index is 12.4. The number of carbonyl (C=O) groups is 1. The normalized spacial score (nSPS) is 11.3. The van der Waals surface area contributed by atoms with Gasteiger partial charge in [-0.05, 0) is 37.1 Å². The molecule has 1 aromatic carbocycles. The monoisotopic (exact) mass is 298 g/mol. The zero-order valence-corrected chi connectivity index (χ0v) is 12.7. The SMILES string of the molecule is CC(=O)n1c(=O)nc2n(C)c3cc(C)c(C)cc3nc-2c1=O. The van der Waals surface area contributed by atoms with E-state index in [0.29, 0.717) is 10.1 Å². The second kappa shape index (κ2) is 4.59. The van der Waals surface area contributed by atoms with Crippen LogP contribution in [0.3, 0.4) is 0 Å². The number of hydrogen-bond donors (Lipinski definition) is 0. The molecule has 0 atom stereocenters. The van der Waals surface area contributed by atoms with Crippen LogP contribution in [0.5, 0.6) is 0 Å². The third-order valence-corrected chi connectivity index (χ3v) is 3.83. The zero-order chi connectivity index (χ0) is 16.2. The van der Waals surface area contributed by atoms with Gasteiger partial charge in [0.15, 0.2) is 11.5 Å². The van der Waals surface area contributed by atoms with Crippen molar-refractivity contribution in [3.63, 3.8) is 0 Å². The van der Waals surface area contributed by atoms with E-state index >= 15 is 0 Å². The minimum atomic E-state index is -0.884. The number of nitrogens with zero attached hydrogens (tertiary/aromatic N) is 4. The average molecular weight is 298 g/mol. The second-order valence-electron chi connectivity index (χ2n) is 5.32. The molecule has 0 N–H and O–H groups in total. The summed E-state index contributed by atoms with van der Waals surface area (Å²) in [6, 6.07) is 3.80. The molecule has 0 aromatic heterocycles. The van der Waals surface area contributed by atoms with E-state index in [4.69, 9.17) is 0 Å². The minimum Gasteiger partial charge on any atom is -0.325 e. The van der Waals surface area contributed by atoms with Gasteiger partial charge in [0, 0.05) is 14.0 Å². The summed E-state index contributed by atoms with van der Waals surface area (Å²) in [4.78, 5) is 43.9. The van der Waals surface area contributed by atoms with Gasteiger partial charge in [0.25, 0.3) is 5.56 Å². The van der Waals surface area contributed by atoms with Gasteiger partial charge in [-0.1, -0.05) is 0 Å². The van der Waals surface area contributed by atoms with Crippen LogP contribution >= 0.6 is 0 Å². The van der Waals surface area contributed by atoms with E-state index in [9.17, 15) is 14.4 Å². The van der Waals surface area contributed by atoms with E-state index in [2.05, 4.69) is 9.97 Å². The Kier molecular flexibility index (Phi) is 2.94. The quantitative estimate of drug-likeness (QED) is 0.575. The summed E-state index contributed by atoms with van der Waals surface area (Å²) >= 11 is 0. The Balaban J connectivity index is 2.58. The van der Waals surface area contributed by atoms with E-state index in [-0.39, 0.29) is 11.5 Å². The second-order valence-corrected chi connectivity index (χ2v) is 5.32. The van der Waals surface area contributed by atoms with E-state index in [1.54, 1.807) is 11.6 Å². The molecule has 3 rings (SSSR count). The van der Waals surface area contributed by atoms with Crippen molar-refractivity contribution >= 4 is 16.9 Å². The lowest BCUT2D eigenvalue weighted by atomic mass is 10.1. The van der Waals surface area contributed by atoms with Crippen molar-refractivity contribution in [3.8, 4) is 11.5 Å². The van der Waals surface area contributed by atoms with Gasteiger partial charge in [0.05, 0.1) is 11.0 Å². The van der Waals surface area contributed by atoms with Gasteiger partial charge in [-0.25, -0.2) is 9.78 Å². The molecule has 0 fully saturated rings. The first-order chi connectivity index (χ1) is 10.3. The molecule has 0 aliphatic carbocycles. The molecule has 0 amide bonds. The summed E-state index contributed by atoms with van der Waals surface area (Å²) < 4.78 is 2.15. The van der Waals surface area contributed by atoms with E-state index in [1.807, 2.05) is 26.0 Å². The molecule has 1 aromatic rings. The lowest BCUT2D eigenvalue weighted by Crippen LogP contribution is -2.41. The molecular formula is C15H14N4O3. The van der Waals surface area contributed by atoms with Crippen molar-refractivity contribution in [2.75, 3.05) is 0 Å². The van der Waals surface area contributed by atoms with Gasteiger partial charge in [-0.15, -0.1) is 0 Å². The van der Waals surface area contributed by atoms with Crippen LogP contribution < -0.4 is 11.2 Å². The lowest BCUT2D eigenvalue weighted by Gasteiger charge is -2.14.